The van der Waals surface area contributed by atoms with Crippen LogP contribution in [0, 0.1) is 11.8 Å². The molecular weight excluding hydrogens is 399 g/mol. The van der Waals surface area contributed by atoms with Gasteiger partial charge in [-0.2, -0.15) is 0 Å². The number of likely N-dealkylation sites (tertiary alicyclic amines) is 1. The number of carbonyl (C=O) groups excluding carboxylic acids is 2. The fraction of sp³-hybridized carbons (Fsp3) is 0.900. The zero-order valence-electron chi connectivity index (χ0n) is 17.7. The molecule has 0 spiro atoms. The quantitative estimate of drug-likeness (QED) is 0.570. The van der Waals surface area contributed by atoms with Gasteiger partial charge in [-0.1, -0.05) is 0 Å². The monoisotopic (exact) mass is 438 g/mol. The standard InChI is InChI=1S/C20H38N4O2.2ClH/c1-20(2,3)23-19(26)15-24-12-8-17(9-13-24)14-22-18(25)5-4-16-6-10-21-11-7-16;;/h16-17,21H,4-15H2,1-3H3,(H,22,25)(H,23,26);2*1H. The summed E-state index contributed by atoms with van der Waals surface area (Å²) in [6, 6.07) is 0. The molecule has 0 bridgehead atoms. The van der Waals surface area contributed by atoms with Crippen molar-refractivity contribution in [2.45, 2.75) is 64.8 Å². The third kappa shape index (κ3) is 11.4. The highest BCUT2D eigenvalue weighted by atomic mass is 35.5. The maximum atomic E-state index is 12.1. The second kappa shape index (κ2) is 13.6. The molecule has 0 aliphatic carbocycles. The van der Waals surface area contributed by atoms with E-state index in [1.54, 1.807) is 0 Å². The number of carbonyl (C=O) groups is 2. The third-order valence-electron chi connectivity index (χ3n) is 5.42. The van der Waals surface area contributed by atoms with Crippen molar-refractivity contribution in [3.05, 3.63) is 0 Å². The van der Waals surface area contributed by atoms with Gasteiger partial charge in [0.15, 0.2) is 0 Å². The first kappa shape index (κ1) is 27.4. The minimum atomic E-state index is -0.173. The highest BCUT2D eigenvalue weighted by Gasteiger charge is 2.23. The number of hydrogen-bond donors (Lipinski definition) is 3. The number of piperidine rings is 2. The molecule has 0 radical (unpaired) electrons. The summed E-state index contributed by atoms with van der Waals surface area (Å²) in [6.45, 7) is 11.3. The average Bonchev–Trinajstić information content (AvgIpc) is 2.58. The van der Waals surface area contributed by atoms with Crippen molar-refractivity contribution < 1.29 is 9.59 Å². The summed E-state index contributed by atoms with van der Waals surface area (Å²) < 4.78 is 0. The summed E-state index contributed by atoms with van der Waals surface area (Å²) >= 11 is 0. The molecule has 2 rings (SSSR count). The van der Waals surface area contributed by atoms with E-state index in [0.29, 0.717) is 24.8 Å². The van der Waals surface area contributed by atoms with Gasteiger partial charge in [0.05, 0.1) is 6.54 Å². The molecule has 0 aromatic heterocycles. The Kier molecular flexibility index (Phi) is 13.4. The number of hydrogen-bond acceptors (Lipinski definition) is 4. The van der Waals surface area contributed by atoms with Crippen LogP contribution in [0.3, 0.4) is 0 Å². The molecule has 166 valence electrons. The predicted octanol–water partition coefficient (Wildman–Crippen LogP) is 2.35. The molecule has 2 saturated heterocycles. The Morgan fingerprint density at radius 3 is 2.14 bits per heavy atom. The lowest BCUT2D eigenvalue weighted by atomic mass is 9.93. The van der Waals surface area contributed by atoms with E-state index in [-0.39, 0.29) is 42.2 Å². The fourth-order valence-corrected chi connectivity index (χ4v) is 3.86. The highest BCUT2D eigenvalue weighted by molar-refractivity contribution is 5.85. The smallest absolute Gasteiger partial charge is 0.234 e. The Labute approximate surface area is 183 Å². The minimum Gasteiger partial charge on any atom is -0.356 e. The van der Waals surface area contributed by atoms with Gasteiger partial charge in [0.1, 0.15) is 0 Å². The van der Waals surface area contributed by atoms with E-state index in [1.165, 1.54) is 12.8 Å². The fourth-order valence-electron chi connectivity index (χ4n) is 3.86. The summed E-state index contributed by atoms with van der Waals surface area (Å²) in [7, 11) is 0. The second-order valence-corrected chi connectivity index (χ2v) is 9.05. The van der Waals surface area contributed by atoms with Crippen LogP contribution in [0.1, 0.15) is 59.3 Å². The van der Waals surface area contributed by atoms with Gasteiger partial charge in [-0.15, -0.1) is 24.8 Å². The van der Waals surface area contributed by atoms with Gasteiger partial charge < -0.3 is 16.0 Å². The highest BCUT2D eigenvalue weighted by Crippen LogP contribution is 2.18. The van der Waals surface area contributed by atoms with Crippen molar-refractivity contribution >= 4 is 36.6 Å². The summed E-state index contributed by atoms with van der Waals surface area (Å²) in [5, 5.41) is 9.51. The minimum absolute atomic E-state index is 0. The van der Waals surface area contributed by atoms with E-state index >= 15 is 0 Å². The molecule has 0 saturated carbocycles. The van der Waals surface area contributed by atoms with Gasteiger partial charge in [-0.05, 0) is 90.9 Å². The number of rotatable bonds is 7. The zero-order valence-corrected chi connectivity index (χ0v) is 19.4. The Hall–Kier alpha value is -0.560. The molecule has 2 fully saturated rings. The Balaban J connectivity index is 0.00000364. The molecule has 0 atom stereocenters. The summed E-state index contributed by atoms with van der Waals surface area (Å²) in [5.74, 6) is 1.56. The van der Waals surface area contributed by atoms with Crippen LogP contribution in [0.2, 0.25) is 0 Å². The lowest BCUT2D eigenvalue weighted by molar-refractivity contribution is -0.124. The van der Waals surface area contributed by atoms with Crippen LogP contribution in [0.4, 0.5) is 0 Å². The van der Waals surface area contributed by atoms with Crippen molar-refractivity contribution in [2.75, 3.05) is 39.3 Å². The maximum Gasteiger partial charge on any atom is 0.234 e. The molecule has 8 heteroatoms. The molecule has 0 aromatic rings. The van der Waals surface area contributed by atoms with E-state index in [2.05, 4.69) is 20.9 Å². The molecule has 28 heavy (non-hydrogen) atoms. The second-order valence-electron chi connectivity index (χ2n) is 9.05. The number of nitrogens with one attached hydrogen (secondary N) is 3. The zero-order chi connectivity index (χ0) is 19.0. The van der Waals surface area contributed by atoms with Crippen molar-refractivity contribution in [1.82, 2.24) is 20.9 Å². The summed E-state index contributed by atoms with van der Waals surface area (Å²) in [6.07, 6.45) is 6.20. The van der Waals surface area contributed by atoms with Crippen LogP contribution in [-0.4, -0.2) is 61.5 Å². The normalized spacial score (nSPS) is 19.2. The Morgan fingerprint density at radius 2 is 1.57 bits per heavy atom. The molecule has 2 amide bonds. The van der Waals surface area contributed by atoms with E-state index in [9.17, 15) is 9.59 Å². The largest absolute Gasteiger partial charge is 0.356 e. The van der Waals surface area contributed by atoms with Gasteiger partial charge in [0.25, 0.3) is 0 Å². The molecule has 6 nitrogen and oxygen atoms in total. The van der Waals surface area contributed by atoms with Gasteiger partial charge in [-0.3, -0.25) is 14.5 Å². The number of halogens is 2. The molecule has 2 aliphatic heterocycles. The van der Waals surface area contributed by atoms with Crippen molar-refractivity contribution in [3.63, 3.8) is 0 Å². The van der Waals surface area contributed by atoms with Crippen molar-refractivity contribution in [3.8, 4) is 0 Å². The number of nitrogens with zero attached hydrogens (tertiary/aromatic N) is 1. The van der Waals surface area contributed by atoms with Crippen LogP contribution in [0.5, 0.6) is 0 Å². The van der Waals surface area contributed by atoms with E-state index in [0.717, 1.165) is 52.0 Å². The molecule has 2 heterocycles. The van der Waals surface area contributed by atoms with E-state index in [1.807, 2.05) is 20.8 Å². The van der Waals surface area contributed by atoms with Gasteiger partial charge in [0, 0.05) is 18.5 Å². The molecule has 0 unspecified atom stereocenters. The average molecular weight is 439 g/mol. The van der Waals surface area contributed by atoms with Gasteiger partial charge in [-0.25, -0.2) is 0 Å². The van der Waals surface area contributed by atoms with Crippen LogP contribution in [0.15, 0.2) is 0 Å². The summed E-state index contributed by atoms with van der Waals surface area (Å²) in [4.78, 5) is 26.3. The van der Waals surface area contributed by atoms with Crippen LogP contribution >= 0.6 is 24.8 Å². The topological polar surface area (TPSA) is 73.5 Å². The van der Waals surface area contributed by atoms with Crippen LogP contribution < -0.4 is 16.0 Å². The van der Waals surface area contributed by atoms with Crippen LogP contribution in [-0.2, 0) is 9.59 Å². The van der Waals surface area contributed by atoms with Gasteiger partial charge >= 0.3 is 0 Å². The summed E-state index contributed by atoms with van der Waals surface area (Å²) in [5.41, 5.74) is -0.173. The SMILES string of the molecule is CC(C)(C)NC(=O)CN1CCC(CNC(=O)CCC2CCNCC2)CC1.Cl.Cl. The molecule has 0 aromatic carbocycles. The van der Waals surface area contributed by atoms with E-state index in [4.69, 9.17) is 0 Å². The van der Waals surface area contributed by atoms with Gasteiger partial charge in [0.2, 0.25) is 11.8 Å². The lowest BCUT2D eigenvalue weighted by Crippen LogP contribution is -2.48. The lowest BCUT2D eigenvalue weighted by Gasteiger charge is -2.32. The first-order valence-electron chi connectivity index (χ1n) is 10.3. The molecule has 2 aliphatic rings. The van der Waals surface area contributed by atoms with Crippen LogP contribution in [0.25, 0.3) is 0 Å². The molecule has 3 N–H and O–H groups in total. The van der Waals surface area contributed by atoms with E-state index < -0.39 is 0 Å². The first-order valence-corrected chi connectivity index (χ1v) is 10.3. The third-order valence-corrected chi connectivity index (χ3v) is 5.42. The van der Waals surface area contributed by atoms with Crippen molar-refractivity contribution in [2.24, 2.45) is 11.8 Å². The van der Waals surface area contributed by atoms with Crippen molar-refractivity contribution in [1.29, 1.82) is 0 Å². The maximum absolute atomic E-state index is 12.1. The Bertz CT molecular complexity index is 458. The first-order chi connectivity index (χ1) is 12.3. The Morgan fingerprint density at radius 1 is 0.964 bits per heavy atom. The number of amides is 2. The predicted molar refractivity (Wildman–Crippen MR) is 119 cm³/mol. The molecular formula is C20H40Cl2N4O2.